The average Bonchev–Trinajstić information content (AvgIpc) is 3.11. The molecule has 3 rings (SSSR count). The van der Waals surface area contributed by atoms with Gasteiger partial charge in [0.1, 0.15) is 11.8 Å². The zero-order valence-electron chi connectivity index (χ0n) is 16.4. The quantitative estimate of drug-likeness (QED) is 0.704. The van der Waals surface area contributed by atoms with Crippen molar-refractivity contribution in [1.82, 2.24) is 9.46 Å². The SMILES string of the molecule is CCS(=O)(=O)N1Cc2ccccc2CC1C(=O)OC(C)C(=O)Nc1cc(C)on1. The number of carbonyl (C=O) groups is 2. The maximum Gasteiger partial charge on any atom is 0.325 e. The van der Waals surface area contributed by atoms with Crippen molar-refractivity contribution >= 4 is 27.7 Å². The van der Waals surface area contributed by atoms with Crippen LogP contribution in [0.3, 0.4) is 0 Å². The molecular formula is C19H23N3O6S. The molecule has 1 aliphatic heterocycles. The number of carbonyl (C=O) groups excluding carboxylic acids is 2. The molecule has 156 valence electrons. The molecule has 0 saturated carbocycles. The Labute approximate surface area is 169 Å². The lowest BCUT2D eigenvalue weighted by Gasteiger charge is -2.34. The van der Waals surface area contributed by atoms with Crippen molar-refractivity contribution in [2.75, 3.05) is 11.1 Å². The number of aryl methyl sites for hydroxylation is 1. The zero-order chi connectivity index (χ0) is 21.2. The van der Waals surface area contributed by atoms with Gasteiger partial charge in [-0.05, 0) is 31.9 Å². The van der Waals surface area contributed by atoms with E-state index in [9.17, 15) is 18.0 Å². The summed E-state index contributed by atoms with van der Waals surface area (Å²) in [5.41, 5.74) is 1.73. The van der Waals surface area contributed by atoms with Gasteiger partial charge < -0.3 is 14.6 Å². The van der Waals surface area contributed by atoms with E-state index in [0.29, 0.717) is 5.76 Å². The Balaban J connectivity index is 1.75. The van der Waals surface area contributed by atoms with Crippen molar-refractivity contribution in [2.45, 2.75) is 45.9 Å². The van der Waals surface area contributed by atoms with Gasteiger partial charge in [0, 0.05) is 19.0 Å². The largest absolute Gasteiger partial charge is 0.451 e. The van der Waals surface area contributed by atoms with Crippen LogP contribution in [0.4, 0.5) is 5.82 Å². The molecule has 1 N–H and O–H groups in total. The van der Waals surface area contributed by atoms with Crippen molar-refractivity contribution in [3.63, 3.8) is 0 Å². The number of hydrogen-bond donors (Lipinski definition) is 1. The molecule has 10 heteroatoms. The second kappa shape index (κ2) is 8.34. The highest BCUT2D eigenvalue weighted by atomic mass is 32.2. The molecule has 1 aliphatic rings. The van der Waals surface area contributed by atoms with Gasteiger partial charge in [-0.3, -0.25) is 9.59 Å². The van der Waals surface area contributed by atoms with Crippen LogP contribution in [-0.2, 0) is 37.3 Å². The van der Waals surface area contributed by atoms with Crippen molar-refractivity contribution in [2.24, 2.45) is 0 Å². The summed E-state index contributed by atoms with van der Waals surface area (Å²) in [6.45, 7) is 4.70. The van der Waals surface area contributed by atoms with Crippen LogP contribution in [-0.4, -0.2) is 47.7 Å². The van der Waals surface area contributed by atoms with Crippen LogP contribution >= 0.6 is 0 Å². The minimum Gasteiger partial charge on any atom is -0.451 e. The Hall–Kier alpha value is -2.72. The van der Waals surface area contributed by atoms with E-state index in [1.54, 1.807) is 6.92 Å². The number of hydrogen-bond acceptors (Lipinski definition) is 7. The molecule has 9 nitrogen and oxygen atoms in total. The topological polar surface area (TPSA) is 119 Å². The average molecular weight is 421 g/mol. The number of esters is 1. The highest BCUT2D eigenvalue weighted by molar-refractivity contribution is 7.89. The summed E-state index contributed by atoms with van der Waals surface area (Å²) in [6, 6.07) is 7.85. The number of rotatable bonds is 6. The molecule has 2 atom stereocenters. The third kappa shape index (κ3) is 4.65. The fourth-order valence-corrected chi connectivity index (χ4v) is 4.33. The fourth-order valence-electron chi connectivity index (χ4n) is 3.12. The van der Waals surface area contributed by atoms with Crippen LogP contribution in [0.2, 0.25) is 0 Å². The lowest BCUT2D eigenvalue weighted by atomic mass is 9.96. The van der Waals surface area contributed by atoms with E-state index < -0.39 is 34.0 Å². The first-order chi connectivity index (χ1) is 13.7. The van der Waals surface area contributed by atoms with Gasteiger partial charge in [0.05, 0.1) is 5.75 Å². The number of ether oxygens (including phenoxy) is 1. The summed E-state index contributed by atoms with van der Waals surface area (Å²) in [6.07, 6.45) is -0.951. The maximum atomic E-state index is 12.8. The molecule has 2 aromatic rings. The highest BCUT2D eigenvalue weighted by Crippen LogP contribution is 2.27. The molecule has 0 aliphatic carbocycles. The molecule has 0 bridgehead atoms. The second-order valence-corrected chi connectivity index (χ2v) is 9.04. The summed E-state index contributed by atoms with van der Waals surface area (Å²) in [7, 11) is -3.65. The molecule has 0 spiro atoms. The number of anilines is 1. The van der Waals surface area contributed by atoms with E-state index >= 15 is 0 Å². The second-order valence-electron chi connectivity index (χ2n) is 6.83. The van der Waals surface area contributed by atoms with Crippen LogP contribution in [0.15, 0.2) is 34.9 Å². The highest BCUT2D eigenvalue weighted by Gasteiger charge is 2.39. The summed E-state index contributed by atoms with van der Waals surface area (Å²) < 4.78 is 36.5. The molecule has 0 saturated heterocycles. The van der Waals surface area contributed by atoms with Gasteiger partial charge in [-0.2, -0.15) is 4.31 Å². The molecule has 0 radical (unpaired) electrons. The van der Waals surface area contributed by atoms with Crippen molar-refractivity contribution < 1.29 is 27.3 Å². The van der Waals surface area contributed by atoms with E-state index in [-0.39, 0.29) is 24.5 Å². The number of fused-ring (bicyclic) bond motifs is 1. The number of benzene rings is 1. The first-order valence-corrected chi connectivity index (χ1v) is 10.8. The van der Waals surface area contributed by atoms with Gasteiger partial charge in [0.2, 0.25) is 10.0 Å². The summed E-state index contributed by atoms with van der Waals surface area (Å²) >= 11 is 0. The first-order valence-electron chi connectivity index (χ1n) is 9.22. The van der Waals surface area contributed by atoms with Crippen LogP contribution in [0, 0.1) is 6.92 Å². The molecule has 1 aromatic heterocycles. The Bertz CT molecular complexity index is 1020. The minimum absolute atomic E-state index is 0.0882. The molecular weight excluding hydrogens is 398 g/mol. The summed E-state index contributed by atoms with van der Waals surface area (Å²) in [5.74, 6) is -0.771. The smallest absolute Gasteiger partial charge is 0.325 e. The number of aromatic nitrogens is 1. The number of sulfonamides is 1. The number of nitrogens with one attached hydrogen (secondary N) is 1. The van der Waals surface area contributed by atoms with Gasteiger partial charge >= 0.3 is 5.97 Å². The number of amides is 1. The molecule has 2 heterocycles. The minimum atomic E-state index is -3.65. The molecule has 1 amide bonds. The van der Waals surface area contributed by atoms with Crippen LogP contribution in [0.5, 0.6) is 0 Å². The lowest BCUT2D eigenvalue weighted by molar-refractivity contribution is -0.157. The Kier molecular flexibility index (Phi) is 6.04. The van der Waals surface area contributed by atoms with Gasteiger partial charge in [-0.25, -0.2) is 8.42 Å². The van der Waals surface area contributed by atoms with Crippen LogP contribution < -0.4 is 5.32 Å². The fraction of sp³-hybridized carbons (Fsp3) is 0.421. The lowest BCUT2D eigenvalue weighted by Crippen LogP contribution is -2.50. The van der Waals surface area contributed by atoms with Crippen LogP contribution in [0.25, 0.3) is 0 Å². The Morgan fingerprint density at radius 3 is 2.66 bits per heavy atom. The van der Waals surface area contributed by atoms with Gasteiger partial charge in [-0.15, -0.1) is 0 Å². The number of nitrogens with zero attached hydrogens (tertiary/aromatic N) is 2. The molecule has 0 fully saturated rings. The predicted octanol–water partition coefficient (Wildman–Crippen LogP) is 1.63. The van der Waals surface area contributed by atoms with Gasteiger partial charge in [-0.1, -0.05) is 29.4 Å². The van der Waals surface area contributed by atoms with Crippen molar-refractivity contribution in [1.29, 1.82) is 0 Å². The van der Waals surface area contributed by atoms with E-state index in [0.717, 1.165) is 15.4 Å². The van der Waals surface area contributed by atoms with E-state index in [1.807, 2.05) is 24.3 Å². The molecule has 2 unspecified atom stereocenters. The van der Waals surface area contributed by atoms with Crippen molar-refractivity contribution in [3.05, 3.63) is 47.2 Å². The summed E-state index contributed by atoms with van der Waals surface area (Å²) in [5, 5.41) is 6.14. The standard InChI is InChI=1S/C19H23N3O6S/c1-4-29(25,26)22-11-15-8-6-5-7-14(15)10-16(22)19(24)27-13(3)18(23)20-17-9-12(2)28-21-17/h5-9,13,16H,4,10-11H2,1-3H3,(H,20,21,23). The maximum absolute atomic E-state index is 12.8. The van der Waals surface area contributed by atoms with Gasteiger partial charge in [0.25, 0.3) is 5.91 Å². The zero-order valence-corrected chi connectivity index (χ0v) is 17.2. The molecule has 29 heavy (non-hydrogen) atoms. The Morgan fingerprint density at radius 2 is 2.03 bits per heavy atom. The third-order valence-corrected chi connectivity index (χ3v) is 6.57. The van der Waals surface area contributed by atoms with Crippen LogP contribution in [0.1, 0.15) is 30.7 Å². The predicted molar refractivity (Wildman–Crippen MR) is 104 cm³/mol. The van der Waals surface area contributed by atoms with E-state index in [2.05, 4.69) is 10.5 Å². The normalized spacial score (nSPS) is 18.0. The monoisotopic (exact) mass is 421 g/mol. The summed E-state index contributed by atoms with van der Waals surface area (Å²) in [4.78, 5) is 25.1. The van der Waals surface area contributed by atoms with Gasteiger partial charge in [0.15, 0.2) is 11.9 Å². The third-order valence-electron chi connectivity index (χ3n) is 4.74. The van der Waals surface area contributed by atoms with E-state index in [4.69, 9.17) is 9.26 Å². The van der Waals surface area contributed by atoms with E-state index in [1.165, 1.54) is 19.9 Å². The first kappa shape index (κ1) is 21.0. The van der Waals surface area contributed by atoms with Crippen molar-refractivity contribution in [3.8, 4) is 0 Å². The Morgan fingerprint density at radius 1 is 1.34 bits per heavy atom. The molecule has 1 aromatic carbocycles.